The van der Waals surface area contributed by atoms with Gasteiger partial charge >= 0.3 is 0 Å². The lowest BCUT2D eigenvalue weighted by atomic mass is 10.1. The van der Waals surface area contributed by atoms with Gasteiger partial charge in [0.25, 0.3) is 0 Å². The number of benzene rings is 1. The number of aryl methyl sites for hydroxylation is 1. The maximum absolute atomic E-state index is 13.5. The lowest BCUT2D eigenvalue weighted by Gasteiger charge is -2.05. The van der Waals surface area contributed by atoms with Crippen LogP contribution in [0.15, 0.2) is 18.2 Å². The van der Waals surface area contributed by atoms with Crippen molar-refractivity contribution in [3.63, 3.8) is 0 Å². The Hall–Kier alpha value is -1.22. The van der Waals surface area contributed by atoms with Gasteiger partial charge in [-0.25, -0.2) is 4.39 Å². The van der Waals surface area contributed by atoms with E-state index in [-0.39, 0.29) is 18.0 Å². The van der Waals surface area contributed by atoms with Gasteiger partial charge in [0.1, 0.15) is 12.4 Å². The van der Waals surface area contributed by atoms with E-state index in [0.29, 0.717) is 12.2 Å². The van der Waals surface area contributed by atoms with Crippen LogP contribution in [0.1, 0.15) is 29.3 Å². The maximum atomic E-state index is 13.5. The summed E-state index contributed by atoms with van der Waals surface area (Å²) in [6.45, 7) is 4.07. The van der Waals surface area contributed by atoms with E-state index in [9.17, 15) is 9.18 Å². The summed E-state index contributed by atoms with van der Waals surface area (Å²) in [7, 11) is 0. The average Bonchev–Trinajstić information content (AvgIpc) is 2.22. The van der Waals surface area contributed by atoms with E-state index >= 15 is 0 Å². The second kappa shape index (κ2) is 5.61. The van der Waals surface area contributed by atoms with Gasteiger partial charge in [-0.3, -0.25) is 4.79 Å². The normalized spacial score (nSPS) is 10.3. The van der Waals surface area contributed by atoms with Crippen molar-refractivity contribution >= 4 is 5.78 Å². The first-order valence-electron chi connectivity index (χ1n) is 5.03. The Kier molecular flexibility index (Phi) is 4.43. The van der Waals surface area contributed by atoms with Gasteiger partial charge in [-0.1, -0.05) is 19.1 Å². The lowest BCUT2D eigenvalue weighted by Crippen LogP contribution is -2.12. The first-order chi connectivity index (χ1) is 7.16. The van der Waals surface area contributed by atoms with Crippen LogP contribution in [0, 0.1) is 12.7 Å². The number of Topliss-reactive ketones (excluding diaryl/α,β-unsaturated/α-hetero) is 1. The zero-order valence-corrected chi connectivity index (χ0v) is 9.05. The largest absolute Gasteiger partial charge is 0.373 e. The van der Waals surface area contributed by atoms with Gasteiger partial charge < -0.3 is 4.74 Å². The summed E-state index contributed by atoms with van der Waals surface area (Å²) in [6, 6.07) is 4.80. The lowest BCUT2D eigenvalue weighted by molar-refractivity contribution is 0.0757. The predicted octanol–water partition coefficient (Wildman–Crippen LogP) is 2.74. The monoisotopic (exact) mass is 210 g/mol. The SMILES string of the molecule is CCCOCC(=O)c1cccc(C)c1F. The molecular weight excluding hydrogens is 195 g/mol. The van der Waals surface area contributed by atoms with E-state index in [1.807, 2.05) is 6.92 Å². The van der Waals surface area contributed by atoms with Crippen LogP contribution in [0.2, 0.25) is 0 Å². The van der Waals surface area contributed by atoms with Crippen molar-refractivity contribution in [3.05, 3.63) is 35.1 Å². The molecular formula is C12H15FO2. The predicted molar refractivity (Wildman–Crippen MR) is 56.6 cm³/mol. The third-order valence-corrected chi connectivity index (χ3v) is 2.07. The number of halogens is 1. The van der Waals surface area contributed by atoms with Gasteiger partial charge in [0.2, 0.25) is 0 Å². The van der Waals surface area contributed by atoms with Crippen molar-refractivity contribution < 1.29 is 13.9 Å². The van der Waals surface area contributed by atoms with Crippen molar-refractivity contribution in [2.45, 2.75) is 20.3 Å². The molecule has 0 atom stereocenters. The zero-order chi connectivity index (χ0) is 11.3. The molecule has 0 saturated carbocycles. The average molecular weight is 210 g/mol. The fourth-order valence-corrected chi connectivity index (χ4v) is 1.25. The van der Waals surface area contributed by atoms with Crippen LogP contribution >= 0.6 is 0 Å². The highest BCUT2D eigenvalue weighted by Crippen LogP contribution is 2.12. The molecule has 0 radical (unpaired) electrons. The van der Waals surface area contributed by atoms with Crippen molar-refractivity contribution in [3.8, 4) is 0 Å². The Bertz CT molecular complexity index is 347. The van der Waals surface area contributed by atoms with Gasteiger partial charge in [0, 0.05) is 6.61 Å². The Morgan fingerprint density at radius 2 is 2.20 bits per heavy atom. The molecule has 0 N–H and O–H groups in total. The van der Waals surface area contributed by atoms with E-state index in [4.69, 9.17) is 4.74 Å². The van der Waals surface area contributed by atoms with Crippen molar-refractivity contribution in [2.24, 2.45) is 0 Å². The molecule has 0 bridgehead atoms. The van der Waals surface area contributed by atoms with Crippen LogP contribution < -0.4 is 0 Å². The second-order valence-electron chi connectivity index (χ2n) is 3.41. The molecule has 0 unspecified atom stereocenters. The van der Waals surface area contributed by atoms with Crippen LogP contribution in [0.25, 0.3) is 0 Å². The summed E-state index contributed by atoms with van der Waals surface area (Å²) < 4.78 is 18.6. The second-order valence-corrected chi connectivity index (χ2v) is 3.41. The number of rotatable bonds is 5. The van der Waals surface area contributed by atoms with Gasteiger partial charge in [-0.15, -0.1) is 0 Å². The van der Waals surface area contributed by atoms with E-state index in [1.54, 1.807) is 19.1 Å². The Labute approximate surface area is 89.1 Å². The zero-order valence-electron chi connectivity index (χ0n) is 9.05. The van der Waals surface area contributed by atoms with Gasteiger partial charge in [0.15, 0.2) is 5.78 Å². The van der Waals surface area contributed by atoms with Crippen LogP contribution in [0.4, 0.5) is 4.39 Å². The molecule has 0 aliphatic carbocycles. The molecule has 3 heteroatoms. The van der Waals surface area contributed by atoms with Crippen LogP contribution in [-0.2, 0) is 4.74 Å². The number of carbonyl (C=O) groups excluding carboxylic acids is 1. The standard InChI is InChI=1S/C12H15FO2/c1-3-7-15-8-11(14)10-6-4-5-9(2)12(10)13/h4-6H,3,7-8H2,1-2H3. The van der Waals surface area contributed by atoms with Gasteiger partial charge in [-0.05, 0) is 25.0 Å². The van der Waals surface area contributed by atoms with E-state index in [2.05, 4.69) is 0 Å². The molecule has 0 aliphatic heterocycles. The fraction of sp³-hybridized carbons (Fsp3) is 0.417. The fourth-order valence-electron chi connectivity index (χ4n) is 1.25. The Morgan fingerprint density at radius 1 is 1.47 bits per heavy atom. The summed E-state index contributed by atoms with van der Waals surface area (Å²) in [5.41, 5.74) is 0.599. The van der Waals surface area contributed by atoms with Crippen molar-refractivity contribution in [1.82, 2.24) is 0 Å². The van der Waals surface area contributed by atoms with Crippen molar-refractivity contribution in [2.75, 3.05) is 13.2 Å². The quantitative estimate of drug-likeness (QED) is 0.551. The summed E-state index contributed by atoms with van der Waals surface area (Å²) >= 11 is 0. The molecule has 2 nitrogen and oxygen atoms in total. The maximum Gasteiger partial charge on any atom is 0.191 e. The first-order valence-corrected chi connectivity index (χ1v) is 5.03. The van der Waals surface area contributed by atoms with E-state index in [0.717, 1.165) is 6.42 Å². The molecule has 15 heavy (non-hydrogen) atoms. The third-order valence-electron chi connectivity index (χ3n) is 2.07. The highest BCUT2D eigenvalue weighted by molar-refractivity contribution is 5.97. The van der Waals surface area contributed by atoms with Gasteiger partial charge in [-0.2, -0.15) is 0 Å². The van der Waals surface area contributed by atoms with Crippen LogP contribution in [0.3, 0.4) is 0 Å². The molecule has 1 rings (SSSR count). The summed E-state index contributed by atoms with van der Waals surface area (Å²) in [4.78, 5) is 11.5. The smallest absolute Gasteiger partial charge is 0.191 e. The highest BCUT2D eigenvalue weighted by atomic mass is 19.1. The molecule has 0 saturated heterocycles. The number of ether oxygens (including phenoxy) is 1. The first kappa shape index (κ1) is 11.9. The number of hydrogen-bond acceptors (Lipinski definition) is 2. The van der Waals surface area contributed by atoms with Crippen LogP contribution in [0.5, 0.6) is 0 Å². The minimum absolute atomic E-state index is 0.0474. The number of carbonyl (C=O) groups is 1. The van der Waals surface area contributed by atoms with Crippen molar-refractivity contribution in [1.29, 1.82) is 0 Å². The molecule has 0 amide bonds. The molecule has 0 aromatic heterocycles. The molecule has 1 aromatic carbocycles. The topological polar surface area (TPSA) is 26.3 Å². The highest BCUT2D eigenvalue weighted by Gasteiger charge is 2.12. The summed E-state index contributed by atoms with van der Waals surface area (Å²) in [6.07, 6.45) is 0.851. The molecule has 0 aliphatic rings. The summed E-state index contributed by atoms with van der Waals surface area (Å²) in [5.74, 6) is -0.743. The van der Waals surface area contributed by atoms with Gasteiger partial charge in [0.05, 0.1) is 5.56 Å². The molecule has 0 fully saturated rings. The van der Waals surface area contributed by atoms with E-state index in [1.165, 1.54) is 6.07 Å². The number of hydrogen-bond donors (Lipinski definition) is 0. The molecule has 1 aromatic rings. The molecule has 0 spiro atoms. The van der Waals surface area contributed by atoms with E-state index < -0.39 is 5.82 Å². The Balaban J connectivity index is 2.69. The minimum Gasteiger partial charge on any atom is -0.373 e. The third kappa shape index (κ3) is 3.13. The number of ketones is 1. The molecule has 82 valence electrons. The summed E-state index contributed by atoms with van der Waals surface area (Å²) in [5, 5.41) is 0. The van der Waals surface area contributed by atoms with Crippen LogP contribution in [-0.4, -0.2) is 19.0 Å². The Morgan fingerprint density at radius 3 is 2.87 bits per heavy atom. The minimum atomic E-state index is -0.442. The molecule has 0 heterocycles.